The quantitative estimate of drug-likeness (QED) is 0.888. The van der Waals surface area contributed by atoms with E-state index in [0.717, 1.165) is 41.8 Å². The standard InChI is InChI=1S/C13H19BrN4O/c1-3-5-17-9-15-8-11(17)13(19)12-10(14)7-16-18(12)6-4-2/h7-9,13,19H,3-6H2,1-2H3. The first-order valence-corrected chi connectivity index (χ1v) is 7.37. The topological polar surface area (TPSA) is 55.9 Å². The fourth-order valence-corrected chi connectivity index (χ4v) is 2.67. The maximum absolute atomic E-state index is 10.6. The number of hydrogen-bond acceptors (Lipinski definition) is 3. The Bertz CT molecular complexity index is 534. The van der Waals surface area contributed by atoms with Crippen LogP contribution in [0.15, 0.2) is 23.2 Å². The van der Waals surface area contributed by atoms with E-state index in [0.29, 0.717) is 0 Å². The van der Waals surface area contributed by atoms with Crippen LogP contribution in [0.2, 0.25) is 0 Å². The number of aliphatic hydroxyl groups is 1. The lowest BCUT2D eigenvalue weighted by Gasteiger charge is -2.15. The Hall–Kier alpha value is -1.14. The van der Waals surface area contributed by atoms with Crippen molar-refractivity contribution in [3.05, 3.63) is 34.6 Å². The van der Waals surface area contributed by atoms with Crippen molar-refractivity contribution in [2.24, 2.45) is 0 Å². The summed E-state index contributed by atoms with van der Waals surface area (Å²) in [6.45, 7) is 5.84. The molecule has 2 heterocycles. The van der Waals surface area contributed by atoms with E-state index in [2.05, 4.69) is 39.9 Å². The molecule has 1 N–H and O–H groups in total. The minimum Gasteiger partial charge on any atom is -0.380 e. The van der Waals surface area contributed by atoms with Gasteiger partial charge < -0.3 is 9.67 Å². The van der Waals surface area contributed by atoms with Crippen LogP contribution in [0, 0.1) is 0 Å². The van der Waals surface area contributed by atoms with Crippen LogP contribution in [-0.2, 0) is 13.1 Å². The van der Waals surface area contributed by atoms with Crippen LogP contribution in [0.3, 0.4) is 0 Å². The number of imidazole rings is 1. The molecule has 2 aromatic heterocycles. The molecular weight excluding hydrogens is 308 g/mol. The van der Waals surface area contributed by atoms with Gasteiger partial charge >= 0.3 is 0 Å². The highest BCUT2D eigenvalue weighted by Crippen LogP contribution is 2.28. The molecule has 1 unspecified atom stereocenters. The molecule has 2 aromatic rings. The molecule has 2 rings (SSSR count). The van der Waals surface area contributed by atoms with E-state index in [4.69, 9.17) is 0 Å². The summed E-state index contributed by atoms with van der Waals surface area (Å²) in [6.07, 6.45) is 6.48. The highest BCUT2D eigenvalue weighted by molar-refractivity contribution is 9.10. The number of hydrogen-bond donors (Lipinski definition) is 1. The third kappa shape index (κ3) is 2.90. The summed E-state index contributed by atoms with van der Waals surface area (Å²) < 4.78 is 4.66. The van der Waals surface area contributed by atoms with E-state index in [1.807, 2.05) is 9.25 Å². The minimum absolute atomic E-state index is 0.711. The van der Waals surface area contributed by atoms with E-state index in [-0.39, 0.29) is 0 Å². The number of nitrogens with zero attached hydrogens (tertiary/aromatic N) is 4. The van der Waals surface area contributed by atoms with Crippen molar-refractivity contribution in [2.75, 3.05) is 0 Å². The maximum atomic E-state index is 10.6. The van der Waals surface area contributed by atoms with Crippen molar-refractivity contribution in [1.82, 2.24) is 19.3 Å². The van der Waals surface area contributed by atoms with Crippen LogP contribution in [0.25, 0.3) is 0 Å². The molecular formula is C13H19BrN4O. The van der Waals surface area contributed by atoms with E-state index >= 15 is 0 Å². The fourth-order valence-electron chi connectivity index (χ4n) is 2.16. The first-order valence-electron chi connectivity index (χ1n) is 6.58. The zero-order valence-electron chi connectivity index (χ0n) is 11.3. The molecule has 104 valence electrons. The van der Waals surface area contributed by atoms with Gasteiger partial charge in [-0.15, -0.1) is 0 Å². The van der Waals surface area contributed by atoms with Gasteiger partial charge in [0.15, 0.2) is 0 Å². The molecule has 1 atom stereocenters. The Morgan fingerprint density at radius 2 is 2.00 bits per heavy atom. The largest absolute Gasteiger partial charge is 0.380 e. The molecule has 6 heteroatoms. The number of aryl methyl sites for hydroxylation is 2. The lowest BCUT2D eigenvalue weighted by molar-refractivity contribution is 0.196. The lowest BCUT2D eigenvalue weighted by atomic mass is 10.2. The number of aliphatic hydroxyl groups excluding tert-OH is 1. The molecule has 5 nitrogen and oxygen atoms in total. The molecule has 0 aromatic carbocycles. The fraction of sp³-hybridized carbons (Fsp3) is 0.538. The predicted octanol–water partition coefficient (Wildman–Crippen LogP) is 2.74. The number of rotatable bonds is 6. The Morgan fingerprint density at radius 1 is 1.26 bits per heavy atom. The van der Waals surface area contributed by atoms with Crippen molar-refractivity contribution >= 4 is 15.9 Å². The first kappa shape index (κ1) is 14.3. The SMILES string of the molecule is CCCn1cncc1C(O)c1c(Br)cnn1CCC. The van der Waals surface area contributed by atoms with Gasteiger partial charge in [0, 0.05) is 13.1 Å². The molecule has 0 saturated carbocycles. The van der Waals surface area contributed by atoms with Crippen molar-refractivity contribution in [2.45, 2.75) is 45.9 Å². The summed E-state index contributed by atoms with van der Waals surface area (Å²) in [4.78, 5) is 4.14. The van der Waals surface area contributed by atoms with Crippen molar-refractivity contribution in [3.63, 3.8) is 0 Å². The molecule has 0 amide bonds. The third-order valence-corrected chi connectivity index (χ3v) is 3.63. The lowest BCUT2D eigenvalue weighted by Crippen LogP contribution is -2.14. The van der Waals surface area contributed by atoms with Crippen LogP contribution < -0.4 is 0 Å². The Labute approximate surface area is 121 Å². The van der Waals surface area contributed by atoms with Crippen molar-refractivity contribution < 1.29 is 5.11 Å². The molecule has 0 radical (unpaired) electrons. The highest BCUT2D eigenvalue weighted by atomic mass is 79.9. The van der Waals surface area contributed by atoms with E-state index in [1.54, 1.807) is 18.7 Å². The van der Waals surface area contributed by atoms with E-state index < -0.39 is 6.10 Å². The van der Waals surface area contributed by atoms with Gasteiger partial charge in [-0.3, -0.25) is 4.68 Å². The van der Waals surface area contributed by atoms with Gasteiger partial charge in [-0.2, -0.15) is 5.10 Å². The zero-order valence-corrected chi connectivity index (χ0v) is 12.8. The van der Waals surface area contributed by atoms with Crippen LogP contribution in [0.5, 0.6) is 0 Å². The molecule has 0 aliphatic heterocycles. The molecule has 0 saturated heterocycles. The molecule has 0 fully saturated rings. The zero-order chi connectivity index (χ0) is 13.8. The van der Waals surface area contributed by atoms with Crippen LogP contribution in [0.4, 0.5) is 0 Å². The number of halogens is 1. The molecule has 19 heavy (non-hydrogen) atoms. The van der Waals surface area contributed by atoms with E-state index in [9.17, 15) is 5.11 Å². The Morgan fingerprint density at radius 3 is 2.68 bits per heavy atom. The molecule has 0 aliphatic carbocycles. The average Bonchev–Trinajstić information content (AvgIpc) is 2.97. The highest BCUT2D eigenvalue weighted by Gasteiger charge is 2.22. The summed E-state index contributed by atoms with van der Waals surface area (Å²) in [5.41, 5.74) is 1.60. The van der Waals surface area contributed by atoms with Gasteiger partial charge in [0.05, 0.1) is 34.6 Å². The maximum Gasteiger partial charge on any atom is 0.138 e. The normalized spacial score (nSPS) is 12.8. The van der Waals surface area contributed by atoms with Crippen LogP contribution in [0.1, 0.15) is 44.2 Å². The van der Waals surface area contributed by atoms with Gasteiger partial charge in [0.25, 0.3) is 0 Å². The minimum atomic E-state index is -0.711. The monoisotopic (exact) mass is 326 g/mol. The summed E-state index contributed by atoms with van der Waals surface area (Å²) in [5.74, 6) is 0. The van der Waals surface area contributed by atoms with Gasteiger partial charge in [0.2, 0.25) is 0 Å². The summed E-state index contributed by atoms with van der Waals surface area (Å²) in [7, 11) is 0. The Kier molecular flexibility index (Phi) is 4.76. The van der Waals surface area contributed by atoms with Gasteiger partial charge in [0.1, 0.15) is 6.10 Å². The second-order valence-electron chi connectivity index (χ2n) is 4.52. The summed E-state index contributed by atoms with van der Waals surface area (Å²) >= 11 is 3.46. The second kappa shape index (κ2) is 6.34. The summed E-state index contributed by atoms with van der Waals surface area (Å²) in [5, 5.41) is 14.9. The molecule has 0 spiro atoms. The smallest absolute Gasteiger partial charge is 0.138 e. The third-order valence-electron chi connectivity index (χ3n) is 3.02. The summed E-state index contributed by atoms with van der Waals surface area (Å²) in [6, 6.07) is 0. The average molecular weight is 327 g/mol. The van der Waals surface area contributed by atoms with E-state index in [1.165, 1.54) is 0 Å². The molecule has 0 aliphatic rings. The number of aromatic nitrogens is 4. The van der Waals surface area contributed by atoms with Gasteiger partial charge in [-0.1, -0.05) is 13.8 Å². The van der Waals surface area contributed by atoms with Crippen LogP contribution >= 0.6 is 15.9 Å². The van der Waals surface area contributed by atoms with Crippen molar-refractivity contribution in [3.8, 4) is 0 Å². The van der Waals surface area contributed by atoms with Gasteiger partial charge in [-0.05, 0) is 28.8 Å². The Balaban J connectivity index is 2.35. The van der Waals surface area contributed by atoms with Crippen molar-refractivity contribution in [1.29, 1.82) is 0 Å². The van der Waals surface area contributed by atoms with Gasteiger partial charge in [-0.25, -0.2) is 4.98 Å². The second-order valence-corrected chi connectivity index (χ2v) is 5.37. The molecule has 0 bridgehead atoms. The first-order chi connectivity index (χ1) is 9.19. The predicted molar refractivity (Wildman–Crippen MR) is 76.8 cm³/mol. The van der Waals surface area contributed by atoms with Crippen LogP contribution in [-0.4, -0.2) is 24.4 Å².